The average molecular weight is 293 g/mol. The summed E-state index contributed by atoms with van der Waals surface area (Å²) in [7, 11) is 0. The molecule has 0 radical (unpaired) electrons. The summed E-state index contributed by atoms with van der Waals surface area (Å²) in [6, 6.07) is 5.70. The van der Waals surface area contributed by atoms with E-state index in [2.05, 4.69) is 0 Å². The van der Waals surface area contributed by atoms with Crippen molar-refractivity contribution >= 4 is 11.6 Å². The van der Waals surface area contributed by atoms with Crippen LogP contribution in [0.3, 0.4) is 0 Å². The molecule has 0 aliphatic carbocycles. The Morgan fingerprint density at radius 2 is 1.76 bits per heavy atom. The summed E-state index contributed by atoms with van der Waals surface area (Å²) >= 11 is 0. The van der Waals surface area contributed by atoms with Crippen LogP contribution in [0.4, 0.5) is 5.69 Å². The molecular weight excluding hydrogens is 270 g/mol. The number of carbonyl (C=O) groups excluding carboxylic acids is 1. The Kier molecular flexibility index (Phi) is 5.84. The summed E-state index contributed by atoms with van der Waals surface area (Å²) in [5.74, 6) is -0.0334. The molecule has 1 amide bonds. The average Bonchev–Trinajstić information content (AvgIpc) is 2.43. The quantitative estimate of drug-likeness (QED) is 0.643. The first-order valence-electron chi connectivity index (χ1n) is 7.03. The first kappa shape index (κ1) is 17.1. The van der Waals surface area contributed by atoms with Crippen LogP contribution < -0.4 is 5.73 Å². The van der Waals surface area contributed by atoms with Crippen LogP contribution in [-0.4, -0.2) is 27.8 Å². The number of amides is 1. The van der Waals surface area contributed by atoms with Gasteiger partial charge in [0, 0.05) is 24.7 Å². The van der Waals surface area contributed by atoms with Gasteiger partial charge in [0.15, 0.2) is 0 Å². The van der Waals surface area contributed by atoms with Gasteiger partial charge in [0.05, 0.1) is 11.0 Å². The van der Waals surface area contributed by atoms with E-state index in [4.69, 9.17) is 5.73 Å². The van der Waals surface area contributed by atoms with Gasteiger partial charge >= 0.3 is 0 Å². The van der Waals surface area contributed by atoms with E-state index in [0.717, 1.165) is 5.56 Å². The van der Waals surface area contributed by atoms with Gasteiger partial charge in [-0.25, -0.2) is 0 Å². The van der Waals surface area contributed by atoms with Crippen molar-refractivity contribution in [1.29, 1.82) is 0 Å². The normalized spacial score (nSPS) is 12.5. The van der Waals surface area contributed by atoms with E-state index < -0.39 is 11.0 Å². The molecule has 0 aliphatic rings. The number of hydrogen-bond acceptors (Lipinski definition) is 4. The van der Waals surface area contributed by atoms with Gasteiger partial charge in [-0.3, -0.25) is 14.9 Å². The molecule has 2 N–H and O–H groups in total. The van der Waals surface area contributed by atoms with Crippen LogP contribution in [0.5, 0.6) is 0 Å². The third kappa shape index (κ3) is 4.53. The smallest absolute Gasteiger partial charge is 0.269 e. The molecule has 0 saturated heterocycles. The largest absolute Gasteiger partial charge is 0.335 e. The first-order valence-corrected chi connectivity index (χ1v) is 7.03. The standard InChI is InChI=1S/C15H23N3O3/c1-10(2)14(16)15(19)17(11(3)4)9-12-5-7-13(8-6-12)18(20)21/h5-8,10-11,14H,9,16H2,1-4H3. The number of nitrogens with zero attached hydrogens (tertiary/aromatic N) is 2. The summed E-state index contributed by atoms with van der Waals surface area (Å²) in [6.45, 7) is 8.07. The van der Waals surface area contributed by atoms with Crippen molar-refractivity contribution in [2.45, 2.75) is 46.3 Å². The van der Waals surface area contributed by atoms with Gasteiger partial charge in [0.2, 0.25) is 5.91 Å². The lowest BCUT2D eigenvalue weighted by atomic mass is 10.0. The van der Waals surface area contributed by atoms with Crippen LogP contribution in [0.25, 0.3) is 0 Å². The number of carbonyl (C=O) groups is 1. The molecule has 6 nitrogen and oxygen atoms in total. The van der Waals surface area contributed by atoms with E-state index >= 15 is 0 Å². The van der Waals surface area contributed by atoms with Crippen molar-refractivity contribution in [3.8, 4) is 0 Å². The van der Waals surface area contributed by atoms with Crippen molar-refractivity contribution in [2.24, 2.45) is 11.7 Å². The van der Waals surface area contributed by atoms with Gasteiger partial charge in [-0.05, 0) is 25.3 Å². The molecule has 21 heavy (non-hydrogen) atoms. The minimum Gasteiger partial charge on any atom is -0.335 e. The van der Waals surface area contributed by atoms with Crippen LogP contribution in [-0.2, 0) is 11.3 Å². The third-order valence-electron chi connectivity index (χ3n) is 3.41. The fraction of sp³-hybridized carbons (Fsp3) is 0.533. The number of nitro groups is 1. The highest BCUT2D eigenvalue weighted by Crippen LogP contribution is 2.16. The predicted molar refractivity (Wildman–Crippen MR) is 81.6 cm³/mol. The van der Waals surface area contributed by atoms with Gasteiger partial charge in [0.1, 0.15) is 0 Å². The summed E-state index contributed by atoms with van der Waals surface area (Å²) in [6.07, 6.45) is 0. The monoisotopic (exact) mass is 293 g/mol. The molecule has 0 saturated carbocycles. The molecule has 0 fully saturated rings. The highest BCUT2D eigenvalue weighted by atomic mass is 16.6. The molecule has 1 atom stereocenters. The molecule has 1 aromatic rings. The van der Waals surface area contributed by atoms with E-state index in [1.165, 1.54) is 12.1 Å². The van der Waals surface area contributed by atoms with Gasteiger partial charge in [0.25, 0.3) is 5.69 Å². The highest BCUT2D eigenvalue weighted by molar-refractivity contribution is 5.82. The fourth-order valence-corrected chi connectivity index (χ4v) is 1.91. The van der Waals surface area contributed by atoms with Crippen LogP contribution in [0.15, 0.2) is 24.3 Å². The molecular formula is C15H23N3O3. The fourth-order valence-electron chi connectivity index (χ4n) is 1.91. The lowest BCUT2D eigenvalue weighted by Crippen LogP contribution is -2.48. The topological polar surface area (TPSA) is 89.5 Å². The Morgan fingerprint density at radius 1 is 1.24 bits per heavy atom. The lowest BCUT2D eigenvalue weighted by molar-refractivity contribution is -0.384. The van der Waals surface area contributed by atoms with E-state index in [1.54, 1.807) is 17.0 Å². The maximum atomic E-state index is 12.4. The Hall–Kier alpha value is -1.95. The Morgan fingerprint density at radius 3 is 2.14 bits per heavy atom. The van der Waals surface area contributed by atoms with Crippen LogP contribution in [0.1, 0.15) is 33.3 Å². The van der Waals surface area contributed by atoms with Crippen LogP contribution >= 0.6 is 0 Å². The van der Waals surface area contributed by atoms with Crippen molar-refractivity contribution in [3.05, 3.63) is 39.9 Å². The molecule has 0 bridgehead atoms. The first-order chi connectivity index (χ1) is 9.73. The Labute approximate surface area is 125 Å². The Bertz CT molecular complexity index is 497. The number of rotatable bonds is 6. The van der Waals surface area contributed by atoms with E-state index in [9.17, 15) is 14.9 Å². The minimum absolute atomic E-state index is 0.0116. The molecule has 116 valence electrons. The van der Waals surface area contributed by atoms with Crippen molar-refractivity contribution in [3.63, 3.8) is 0 Å². The summed E-state index contributed by atoms with van der Waals surface area (Å²) in [5, 5.41) is 10.6. The Balaban J connectivity index is 2.88. The summed E-state index contributed by atoms with van der Waals surface area (Å²) in [5.41, 5.74) is 6.82. The molecule has 0 aliphatic heterocycles. The number of nitro benzene ring substituents is 1. The number of benzene rings is 1. The predicted octanol–water partition coefficient (Wildman–Crippen LogP) is 2.32. The minimum atomic E-state index is -0.537. The zero-order valence-corrected chi connectivity index (χ0v) is 12.9. The van der Waals surface area contributed by atoms with Gasteiger partial charge < -0.3 is 10.6 Å². The molecule has 0 aromatic heterocycles. The van der Waals surface area contributed by atoms with Crippen molar-refractivity contribution in [1.82, 2.24) is 4.90 Å². The van der Waals surface area contributed by atoms with E-state index in [-0.39, 0.29) is 23.6 Å². The van der Waals surface area contributed by atoms with E-state index in [1.807, 2.05) is 27.7 Å². The summed E-state index contributed by atoms with van der Waals surface area (Å²) < 4.78 is 0. The number of hydrogen-bond donors (Lipinski definition) is 1. The molecule has 1 rings (SSSR count). The van der Waals surface area contributed by atoms with Crippen LogP contribution in [0.2, 0.25) is 0 Å². The molecule has 1 unspecified atom stereocenters. The summed E-state index contributed by atoms with van der Waals surface area (Å²) in [4.78, 5) is 24.3. The van der Waals surface area contributed by atoms with Gasteiger partial charge in [-0.2, -0.15) is 0 Å². The zero-order chi connectivity index (χ0) is 16.2. The highest BCUT2D eigenvalue weighted by Gasteiger charge is 2.25. The third-order valence-corrected chi connectivity index (χ3v) is 3.41. The molecule has 6 heteroatoms. The molecule has 0 spiro atoms. The van der Waals surface area contributed by atoms with Gasteiger partial charge in [-0.1, -0.05) is 26.0 Å². The van der Waals surface area contributed by atoms with Crippen LogP contribution in [0, 0.1) is 16.0 Å². The zero-order valence-electron chi connectivity index (χ0n) is 12.9. The number of nitrogens with two attached hydrogens (primary N) is 1. The van der Waals surface area contributed by atoms with Crippen molar-refractivity contribution < 1.29 is 9.72 Å². The van der Waals surface area contributed by atoms with E-state index in [0.29, 0.717) is 6.54 Å². The maximum absolute atomic E-state index is 12.4. The second-order valence-corrected chi connectivity index (χ2v) is 5.75. The van der Waals surface area contributed by atoms with Crippen molar-refractivity contribution in [2.75, 3.05) is 0 Å². The maximum Gasteiger partial charge on any atom is 0.269 e. The lowest BCUT2D eigenvalue weighted by Gasteiger charge is -2.30. The van der Waals surface area contributed by atoms with Gasteiger partial charge in [-0.15, -0.1) is 0 Å². The number of non-ortho nitro benzene ring substituents is 1. The molecule has 1 aromatic carbocycles. The second-order valence-electron chi connectivity index (χ2n) is 5.75. The molecule has 0 heterocycles. The SMILES string of the molecule is CC(C)C(N)C(=O)N(Cc1ccc([N+](=O)[O-])cc1)C(C)C. The second kappa shape index (κ2) is 7.17.